The largest absolute Gasteiger partial charge is 0.491 e. The maximum absolute atomic E-state index is 12.2. The van der Waals surface area contributed by atoms with E-state index in [1.165, 1.54) is 0 Å². The molecule has 6 nitrogen and oxygen atoms in total. The van der Waals surface area contributed by atoms with E-state index >= 15 is 0 Å². The van der Waals surface area contributed by atoms with Crippen LogP contribution in [0.2, 0.25) is 0 Å². The van der Waals surface area contributed by atoms with Crippen molar-refractivity contribution in [2.24, 2.45) is 5.92 Å². The average molecular weight is 369 g/mol. The minimum Gasteiger partial charge on any atom is -0.491 e. The van der Waals surface area contributed by atoms with Crippen LogP contribution in [0.3, 0.4) is 0 Å². The number of para-hydroxylation sites is 2. The number of hydrogen-bond donors (Lipinski definition) is 3. The van der Waals surface area contributed by atoms with E-state index in [2.05, 4.69) is 29.8 Å². The van der Waals surface area contributed by atoms with E-state index in [9.17, 15) is 9.59 Å². The standard InChI is InChI=1S/C21H27N3O3/c1-4-22-21(26)16-9-11-17(12-10-16)23-13-20(25)24-18-7-5-6-8-19(18)27-14-15(2)3/h5-12,15,23H,4,13-14H2,1-3H3,(H,22,26)(H,24,25). The number of anilines is 2. The Morgan fingerprint density at radius 3 is 2.41 bits per heavy atom. The fourth-order valence-electron chi connectivity index (χ4n) is 2.33. The Morgan fingerprint density at radius 1 is 1.04 bits per heavy atom. The lowest BCUT2D eigenvalue weighted by Crippen LogP contribution is -2.23. The lowest BCUT2D eigenvalue weighted by atomic mass is 10.2. The predicted molar refractivity (Wildman–Crippen MR) is 108 cm³/mol. The average Bonchev–Trinajstić information content (AvgIpc) is 2.66. The Balaban J connectivity index is 1.88. The topological polar surface area (TPSA) is 79.5 Å². The molecule has 0 aliphatic heterocycles. The third-order valence-electron chi connectivity index (χ3n) is 3.67. The highest BCUT2D eigenvalue weighted by atomic mass is 16.5. The van der Waals surface area contributed by atoms with Crippen molar-refractivity contribution in [1.82, 2.24) is 5.32 Å². The molecule has 2 amide bonds. The normalized spacial score (nSPS) is 10.4. The molecular formula is C21H27N3O3. The van der Waals surface area contributed by atoms with Crippen LogP contribution in [-0.2, 0) is 4.79 Å². The second-order valence-corrected chi connectivity index (χ2v) is 6.54. The molecule has 0 unspecified atom stereocenters. The zero-order chi connectivity index (χ0) is 19.6. The van der Waals surface area contributed by atoms with Gasteiger partial charge in [-0.15, -0.1) is 0 Å². The highest BCUT2D eigenvalue weighted by Crippen LogP contribution is 2.24. The molecule has 0 aliphatic carbocycles. The Bertz CT molecular complexity index is 758. The number of hydrogen-bond acceptors (Lipinski definition) is 4. The van der Waals surface area contributed by atoms with Crippen molar-refractivity contribution < 1.29 is 14.3 Å². The van der Waals surface area contributed by atoms with Crippen molar-refractivity contribution in [1.29, 1.82) is 0 Å². The Hall–Kier alpha value is -3.02. The van der Waals surface area contributed by atoms with Crippen LogP contribution in [0.1, 0.15) is 31.1 Å². The van der Waals surface area contributed by atoms with Gasteiger partial charge in [-0.05, 0) is 49.2 Å². The van der Waals surface area contributed by atoms with Crippen molar-refractivity contribution in [2.75, 3.05) is 30.3 Å². The summed E-state index contributed by atoms with van der Waals surface area (Å²) in [6.07, 6.45) is 0. The first-order valence-corrected chi connectivity index (χ1v) is 9.13. The van der Waals surface area contributed by atoms with Gasteiger partial charge in [0, 0.05) is 17.8 Å². The summed E-state index contributed by atoms with van der Waals surface area (Å²) >= 11 is 0. The third-order valence-corrected chi connectivity index (χ3v) is 3.67. The zero-order valence-electron chi connectivity index (χ0n) is 16.0. The molecule has 2 aromatic rings. The molecule has 0 spiro atoms. The number of ether oxygens (including phenoxy) is 1. The lowest BCUT2D eigenvalue weighted by Gasteiger charge is -2.14. The summed E-state index contributed by atoms with van der Waals surface area (Å²) in [7, 11) is 0. The van der Waals surface area contributed by atoms with Crippen LogP contribution < -0.4 is 20.7 Å². The highest BCUT2D eigenvalue weighted by Gasteiger charge is 2.09. The molecule has 0 fully saturated rings. The predicted octanol–water partition coefficient (Wildman–Crippen LogP) is 3.52. The molecule has 3 N–H and O–H groups in total. The van der Waals surface area contributed by atoms with Crippen LogP contribution in [0.25, 0.3) is 0 Å². The van der Waals surface area contributed by atoms with Crippen LogP contribution in [0.4, 0.5) is 11.4 Å². The van der Waals surface area contributed by atoms with Gasteiger partial charge in [-0.2, -0.15) is 0 Å². The first-order chi connectivity index (χ1) is 13.0. The van der Waals surface area contributed by atoms with Crippen molar-refractivity contribution in [2.45, 2.75) is 20.8 Å². The van der Waals surface area contributed by atoms with Gasteiger partial charge in [0.25, 0.3) is 5.91 Å². The first-order valence-electron chi connectivity index (χ1n) is 9.13. The van der Waals surface area contributed by atoms with Crippen molar-refractivity contribution in [3.63, 3.8) is 0 Å². The molecule has 144 valence electrons. The molecule has 0 saturated carbocycles. The SMILES string of the molecule is CCNC(=O)c1ccc(NCC(=O)Nc2ccccc2OCC(C)C)cc1. The van der Waals surface area contributed by atoms with E-state index in [0.717, 1.165) is 5.69 Å². The summed E-state index contributed by atoms with van der Waals surface area (Å²) in [5.41, 5.74) is 2.00. The van der Waals surface area contributed by atoms with Crippen LogP contribution in [0.5, 0.6) is 5.75 Å². The summed E-state index contributed by atoms with van der Waals surface area (Å²) in [4.78, 5) is 24.0. The van der Waals surface area contributed by atoms with E-state index in [-0.39, 0.29) is 18.4 Å². The molecule has 0 bridgehead atoms. The fourth-order valence-corrected chi connectivity index (χ4v) is 2.33. The maximum Gasteiger partial charge on any atom is 0.251 e. The van der Waals surface area contributed by atoms with Crippen LogP contribution >= 0.6 is 0 Å². The third kappa shape index (κ3) is 6.66. The maximum atomic E-state index is 12.2. The molecule has 0 atom stereocenters. The van der Waals surface area contributed by atoms with Gasteiger partial charge in [0.15, 0.2) is 0 Å². The van der Waals surface area contributed by atoms with Gasteiger partial charge in [0.1, 0.15) is 5.75 Å². The quantitative estimate of drug-likeness (QED) is 0.632. The molecule has 0 radical (unpaired) electrons. The second-order valence-electron chi connectivity index (χ2n) is 6.54. The Labute approximate surface area is 160 Å². The minimum atomic E-state index is -0.177. The van der Waals surface area contributed by atoms with Gasteiger partial charge in [0.2, 0.25) is 5.91 Å². The lowest BCUT2D eigenvalue weighted by molar-refractivity contribution is -0.114. The van der Waals surface area contributed by atoms with Gasteiger partial charge in [-0.3, -0.25) is 9.59 Å². The van der Waals surface area contributed by atoms with Crippen LogP contribution in [0, 0.1) is 5.92 Å². The Morgan fingerprint density at radius 2 is 1.74 bits per heavy atom. The van der Waals surface area contributed by atoms with Crippen molar-refractivity contribution in [3.05, 3.63) is 54.1 Å². The number of rotatable bonds is 9. The van der Waals surface area contributed by atoms with Gasteiger partial charge in [-0.1, -0.05) is 26.0 Å². The van der Waals surface area contributed by atoms with E-state index in [4.69, 9.17) is 4.74 Å². The monoisotopic (exact) mass is 369 g/mol. The van der Waals surface area contributed by atoms with Gasteiger partial charge in [0.05, 0.1) is 18.8 Å². The fraction of sp³-hybridized carbons (Fsp3) is 0.333. The first kappa shape index (κ1) is 20.3. The van der Waals surface area contributed by atoms with Crippen LogP contribution in [0.15, 0.2) is 48.5 Å². The number of carbonyl (C=O) groups is 2. The molecular weight excluding hydrogens is 342 g/mol. The number of benzene rings is 2. The molecule has 0 saturated heterocycles. The highest BCUT2D eigenvalue weighted by molar-refractivity contribution is 5.96. The summed E-state index contributed by atoms with van der Waals surface area (Å²) < 4.78 is 5.74. The van der Waals surface area contributed by atoms with Crippen molar-refractivity contribution in [3.8, 4) is 5.75 Å². The zero-order valence-corrected chi connectivity index (χ0v) is 16.0. The van der Waals surface area contributed by atoms with Gasteiger partial charge >= 0.3 is 0 Å². The smallest absolute Gasteiger partial charge is 0.251 e. The van der Waals surface area contributed by atoms with Gasteiger partial charge in [-0.25, -0.2) is 0 Å². The molecule has 0 heterocycles. The number of carbonyl (C=O) groups excluding carboxylic acids is 2. The van der Waals surface area contributed by atoms with Gasteiger partial charge < -0.3 is 20.7 Å². The molecule has 27 heavy (non-hydrogen) atoms. The molecule has 0 aliphatic rings. The van der Waals surface area contributed by atoms with E-state index in [0.29, 0.717) is 36.1 Å². The molecule has 2 rings (SSSR count). The van der Waals surface area contributed by atoms with E-state index in [1.54, 1.807) is 24.3 Å². The Kier molecular flexibility index (Phi) is 7.67. The number of amides is 2. The summed E-state index contributed by atoms with van der Waals surface area (Å²) in [6, 6.07) is 14.4. The second kappa shape index (κ2) is 10.2. The number of nitrogens with one attached hydrogen (secondary N) is 3. The molecule has 0 aromatic heterocycles. The molecule has 2 aromatic carbocycles. The van der Waals surface area contributed by atoms with Crippen LogP contribution in [-0.4, -0.2) is 31.5 Å². The molecule has 6 heteroatoms. The minimum absolute atomic E-state index is 0.110. The summed E-state index contributed by atoms with van der Waals surface area (Å²) in [5.74, 6) is 0.770. The van der Waals surface area contributed by atoms with E-state index in [1.807, 2.05) is 31.2 Å². The summed E-state index contributed by atoms with van der Waals surface area (Å²) in [6.45, 7) is 7.30. The van der Waals surface area contributed by atoms with Crippen molar-refractivity contribution >= 4 is 23.2 Å². The van der Waals surface area contributed by atoms with E-state index < -0.39 is 0 Å². The summed E-state index contributed by atoms with van der Waals surface area (Å²) in [5, 5.41) is 8.65.